The van der Waals surface area contributed by atoms with Gasteiger partial charge in [-0.3, -0.25) is 4.79 Å². The highest BCUT2D eigenvalue weighted by Crippen LogP contribution is 1.81. The largest absolute Gasteiger partial charge is 0.379 e. The van der Waals surface area contributed by atoms with Crippen LogP contribution in [0.2, 0.25) is 0 Å². The summed E-state index contributed by atoms with van der Waals surface area (Å²) in [6.07, 6.45) is -0.289. The molecule has 0 heterocycles. The molecule has 0 aromatic rings. The molecule has 0 aliphatic carbocycles. The van der Waals surface area contributed by atoms with Crippen LogP contribution < -0.4 is 5.32 Å². The zero-order valence-electron chi connectivity index (χ0n) is 10.1. The van der Waals surface area contributed by atoms with Crippen molar-refractivity contribution in [3.05, 3.63) is 0 Å². The fraction of sp³-hybridized carbons (Fsp3) is 0.800. The monoisotopic (exact) mass is 218 g/mol. The summed E-state index contributed by atoms with van der Waals surface area (Å²) in [6.45, 7) is 4.53. The fourth-order valence-corrected chi connectivity index (χ4v) is 0.857. The second-order valence-electron chi connectivity index (χ2n) is 2.90. The third-order valence-corrected chi connectivity index (χ3v) is 1.52. The van der Waals surface area contributed by atoms with E-state index in [0.29, 0.717) is 26.4 Å². The van der Waals surface area contributed by atoms with Crippen LogP contribution in [0.4, 0.5) is 0 Å². The maximum Gasteiger partial charge on any atom is 0.227 e. The topological polar surface area (TPSA) is 64.6 Å². The molecule has 0 saturated heterocycles. The number of hydrogen-bond acceptors (Lipinski definition) is 4. The van der Waals surface area contributed by atoms with Crippen LogP contribution in [-0.2, 0) is 19.1 Å². The lowest BCUT2D eigenvalue weighted by molar-refractivity contribution is -0.124. The van der Waals surface area contributed by atoms with Gasteiger partial charge in [0.05, 0.1) is 26.2 Å². The van der Waals surface area contributed by atoms with Crippen molar-refractivity contribution in [2.45, 2.75) is 19.8 Å². The van der Waals surface area contributed by atoms with Gasteiger partial charge in [-0.05, 0) is 6.42 Å². The molecule has 88 valence electrons. The SMILES string of the molecule is [2H]C(=O)CC(=O)NCCOCCOCCC. The van der Waals surface area contributed by atoms with Gasteiger partial charge in [0, 0.05) is 13.2 Å². The van der Waals surface area contributed by atoms with E-state index in [1.807, 2.05) is 6.92 Å². The van der Waals surface area contributed by atoms with Crippen LogP contribution in [0.15, 0.2) is 0 Å². The van der Waals surface area contributed by atoms with Gasteiger partial charge < -0.3 is 19.6 Å². The summed E-state index contributed by atoms with van der Waals surface area (Å²) < 4.78 is 16.9. The number of nitrogens with one attached hydrogen (secondary N) is 1. The molecule has 0 rings (SSSR count). The molecule has 0 unspecified atom stereocenters. The van der Waals surface area contributed by atoms with E-state index in [9.17, 15) is 9.59 Å². The quantitative estimate of drug-likeness (QED) is 0.322. The zero-order valence-corrected chi connectivity index (χ0v) is 9.08. The van der Waals surface area contributed by atoms with Crippen LogP contribution >= 0.6 is 0 Å². The smallest absolute Gasteiger partial charge is 0.227 e. The van der Waals surface area contributed by atoms with Crippen LogP contribution in [-0.4, -0.2) is 45.1 Å². The summed E-state index contributed by atoms with van der Waals surface area (Å²) in [7, 11) is 0. The van der Waals surface area contributed by atoms with Crippen LogP contribution in [0.25, 0.3) is 0 Å². The van der Waals surface area contributed by atoms with Crippen molar-refractivity contribution < 1.29 is 20.4 Å². The average molecular weight is 218 g/mol. The molecule has 0 aliphatic rings. The third-order valence-electron chi connectivity index (χ3n) is 1.52. The minimum atomic E-state index is -0.883. The molecule has 0 aliphatic heterocycles. The van der Waals surface area contributed by atoms with Crippen LogP contribution in [0.5, 0.6) is 0 Å². The summed E-state index contributed by atoms with van der Waals surface area (Å²) in [5.74, 6) is -0.439. The Morgan fingerprint density at radius 1 is 1.33 bits per heavy atom. The van der Waals surface area contributed by atoms with Gasteiger partial charge in [-0.1, -0.05) is 6.92 Å². The number of hydrogen-bond donors (Lipinski definition) is 1. The van der Waals surface area contributed by atoms with E-state index in [0.717, 1.165) is 13.0 Å². The second kappa shape index (κ2) is 11.1. The number of rotatable bonds is 10. The van der Waals surface area contributed by atoms with Crippen LogP contribution in [0.3, 0.4) is 0 Å². The summed E-state index contributed by atoms with van der Waals surface area (Å²) in [6, 6.07) is 0. The molecule has 0 fully saturated rings. The summed E-state index contributed by atoms with van der Waals surface area (Å²) >= 11 is 0. The third kappa shape index (κ3) is 11.0. The lowest BCUT2D eigenvalue weighted by Gasteiger charge is -2.05. The second-order valence-corrected chi connectivity index (χ2v) is 2.90. The van der Waals surface area contributed by atoms with Gasteiger partial charge in [0.15, 0.2) is 0 Å². The molecule has 0 bridgehead atoms. The van der Waals surface area contributed by atoms with Crippen molar-refractivity contribution in [2.75, 3.05) is 33.0 Å². The van der Waals surface area contributed by atoms with Gasteiger partial charge in [0.1, 0.15) is 7.63 Å². The Hall–Kier alpha value is -0.940. The highest BCUT2D eigenvalue weighted by atomic mass is 16.5. The molecule has 0 spiro atoms. The molecule has 0 atom stereocenters. The Morgan fingerprint density at radius 3 is 2.60 bits per heavy atom. The number of amides is 1. The number of ether oxygens (including phenoxy) is 2. The summed E-state index contributed by atoms with van der Waals surface area (Å²) in [4.78, 5) is 21.1. The summed E-state index contributed by atoms with van der Waals surface area (Å²) in [5, 5.41) is 2.47. The number of carbonyl (C=O) groups is 2. The van der Waals surface area contributed by atoms with Gasteiger partial charge in [-0.25, -0.2) is 0 Å². The first-order valence-electron chi connectivity index (χ1n) is 5.58. The molecule has 1 amide bonds. The molecule has 5 nitrogen and oxygen atoms in total. The van der Waals surface area contributed by atoms with Crippen molar-refractivity contribution in [3.63, 3.8) is 0 Å². The standard InChI is InChI=1S/C10H19NO4/c1-2-6-14-8-9-15-7-4-11-10(13)3-5-12/h5H,2-4,6-9H2,1H3,(H,11,13)/i5D. The Bertz CT molecular complexity index is 211. The first kappa shape index (κ1) is 12.1. The first-order chi connectivity index (χ1) is 7.66. The number of carbonyl (C=O) groups excluding carboxylic acids is 2. The minimum Gasteiger partial charge on any atom is -0.379 e. The Labute approximate surface area is 91.5 Å². The molecule has 0 radical (unpaired) electrons. The van der Waals surface area contributed by atoms with Gasteiger partial charge in [-0.15, -0.1) is 0 Å². The zero-order chi connectivity index (χ0) is 12.2. The molecule has 1 N–H and O–H groups in total. The minimum absolute atomic E-state index is 0.347. The van der Waals surface area contributed by atoms with E-state index in [1.165, 1.54) is 0 Å². The van der Waals surface area contributed by atoms with E-state index < -0.39 is 12.2 Å². The van der Waals surface area contributed by atoms with Gasteiger partial charge in [0.25, 0.3) is 0 Å². The molecule has 5 heteroatoms. The fourth-order valence-electron chi connectivity index (χ4n) is 0.857. The van der Waals surface area contributed by atoms with E-state index in [4.69, 9.17) is 10.8 Å². The Kier molecular flexibility index (Phi) is 9.01. The van der Waals surface area contributed by atoms with Crippen molar-refractivity contribution in [1.82, 2.24) is 5.32 Å². The van der Waals surface area contributed by atoms with E-state index >= 15 is 0 Å². The van der Waals surface area contributed by atoms with Crippen molar-refractivity contribution >= 4 is 12.2 Å². The normalized spacial score (nSPS) is 10.9. The van der Waals surface area contributed by atoms with Crippen LogP contribution in [0.1, 0.15) is 21.1 Å². The molecular weight excluding hydrogens is 198 g/mol. The number of aldehydes is 1. The molecule has 0 aromatic heterocycles. The maximum absolute atomic E-state index is 10.9. The lowest BCUT2D eigenvalue weighted by Crippen LogP contribution is -2.27. The predicted molar refractivity (Wildman–Crippen MR) is 55.6 cm³/mol. The maximum atomic E-state index is 10.9. The average Bonchev–Trinajstić information content (AvgIpc) is 2.21. The van der Waals surface area contributed by atoms with Crippen LogP contribution in [0, 0.1) is 0 Å². The van der Waals surface area contributed by atoms with Crippen molar-refractivity contribution in [3.8, 4) is 0 Å². The molecule has 0 aromatic carbocycles. The molecule has 0 saturated carbocycles. The highest BCUT2D eigenvalue weighted by Gasteiger charge is 1.97. The van der Waals surface area contributed by atoms with E-state index in [-0.39, 0.29) is 6.42 Å². The predicted octanol–water partition coefficient (Wildman–Crippen LogP) is 0.135. The molecule has 15 heavy (non-hydrogen) atoms. The highest BCUT2D eigenvalue weighted by molar-refractivity contribution is 5.87. The van der Waals surface area contributed by atoms with E-state index in [2.05, 4.69) is 5.32 Å². The van der Waals surface area contributed by atoms with Gasteiger partial charge in [-0.2, -0.15) is 0 Å². The Balaban J connectivity index is 3.14. The van der Waals surface area contributed by atoms with Crippen molar-refractivity contribution in [2.24, 2.45) is 0 Å². The lowest BCUT2D eigenvalue weighted by atomic mass is 10.4. The molecular formula is C10H19NO4. The van der Waals surface area contributed by atoms with Crippen molar-refractivity contribution in [1.29, 1.82) is 0 Å². The van der Waals surface area contributed by atoms with Gasteiger partial charge in [0.2, 0.25) is 5.91 Å². The van der Waals surface area contributed by atoms with Gasteiger partial charge >= 0.3 is 0 Å². The van der Waals surface area contributed by atoms with E-state index in [1.54, 1.807) is 0 Å². The summed E-state index contributed by atoms with van der Waals surface area (Å²) in [5.41, 5.74) is 0. The Morgan fingerprint density at radius 2 is 2.00 bits per heavy atom. The first-order valence-corrected chi connectivity index (χ1v) is 5.08.